The van der Waals surface area contributed by atoms with Crippen molar-refractivity contribution in [2.24, 2.45) is 11.8 Å². The van der Waals surface area contributed by atoms with Gasteiger partial charge >= 0.3 is 0 Å². The summed E-state index contributed by atoms with van der Waals surface area (Å²) in [6.07, 6.45) is 10.2. The van der Waals surface area contributed by atoms with E-state index >= 15 is 0 Å². The lowest BCUT2D eigenvalue weighted by atomic mass is 10.0. The lowest BCUT2D eigenvalue weighted by Crippen LogP contribution is -1.91. The second-order valence-electron chi connectivity index (χ2n) is 3.59. The van der Waals surface area contributed by atoms with E-state index in [9.17, 15) is 0 Å². The average Bonchev–Trinajstić information content (AvgIpc) is 2.31. The van der Waals surface area contributed by atoms with Crippen molar-refractivity contribution in [3.63, 3.8) is 0 Å². The zero-order valence-corrected chi connectivity index (χ0v) is 7.14. The van der Waals surface area contributed by atoms with Crippen LogP contribution in [0.5, 0.6) is 0 Å². The normalized spacial score (nSPS) is 33.8. The molecule has 0 heteroatoms. The minimum atomic E-state index is 0.996. The van der Waals surface area contributed by atoms with Crippen LogP contribution in [0.25, 0.3) is 0 Å². The SMILES string of the molecule is C/C=C\CC1CCC(C)C1. The van der Waals surface area contributed by atoms with Gasteiger partial charge in [0.1, 0.15) is 0 Å². The fourth-order valence-electron chi connectivity index (χ4n) is 1.87. The Morgan fingerprint density at radius 1 is 1.40 bits per heavy atom. The summed E-state index contributed by atoms with van der Waals surface area (Å²) >= 11 is 0. The molecule has 0 saturated heterocycles. The van der Waals surface area contributed by atoms with Crippen LogP contribution < -0.4 is 0 Å². The highest BCUT2D eigenvalue weighted by Crippen LogP contribution is 2.32. The van der Waals surface area contributed by atoms with Crippen LogP contribution in [0.15, 0.2) is 12.2 Å². The molecule has 0 aromatic heterocycles. The number of allylic oxidation sites excluding steroid dienone is 2. The topological polar surface area (TPSA) is 0 Å². The first kappa shape index (κ1) is 7.84. The van der Waals surface area contributed by atoms with Crippen molar-refractivity contribution in [3.05, 3.63) is 12.2 Å². The Balaban J connectivity index is 2.18. The van der Waals surface area contributed by atoms with Gasteiger partial charge in [-0.05, 0) is 38.0 Å². The highest BCUT2D eigenvalue weighted by molar-refractivity contribution is 4.83. The molecule has 0 spiro atoms. The first-order valence-corrected chi connectivity index (χ1v) is 4.44. The molecule has 0 N–H and O–H groups in total. The maximum Gasteiger partial charge on any atom is -0.0322 e. The minimum Gasteiger partial charge on any atom is -0.0917 e. The van der Waals surface area contributed by atoms with Crippen LogP contribution in [0.4, 0.5) is 0 Å². The van der Waals surface area contributed by atoms with Crippen LogP contribution in [0.3, 0.4) is 0 Å². The van der Waals surface area contributed by atoms with Gasteiger partial charge in [-0.2, -0.15) is 0 Å². The molecule has 0 nitrogen and oxygen atoms in total. The molecule has 2 unspecified atom stereocenters. The predicted molar refractivity (Wildman–Crippen MR) is 45.9 cm³/mol. The summed E-state index contributed by atoms with van der Waals surface area (Å²) in [6, 6.07) is 0. The van der Waals surface area contributed by atoms with Gasteiger partial charge in [-0.1, -0.05) is 25.5 Å². The smallest absolute Gasteiger partial charge is 0.0322 e. The fourth-order valence-corrected chi connectivity index (χ4v) is 1.87. The van der Waals surface area contributed by atoms with E-state index in [2.05, 4.69) is 26.0 Å². The van der Waals surface area contributed by atoms with Crippen molar-refractivity contribution in [1.29, 1.82) is 0 Å². The van der Waals surface area contributed by atoms with Crippen LogP contribution >= 0.6 is 0 Å². The van der Waals surface area contributed by atoms with Gasteiger partial charge in [0.15, 0.2) is 0 Å². The van der Waals surface area contributed by atoms with Crippen molar-refractivity contribution < 1.29 is 0 Å². The standard InChI is InChI=1S/C10H18/c1-3-4-5-10-7-6-9(2)8-10/h3-4,9-10H,5-8H2,1-2H3/b4-3-. The van der Waals surface area contributed by atoms with Gasteiger partial charge in [0.2, 0.25) is 0 Å². The summed E-state index contributed by atoms with van der Waals surface area (Å²) in [5.74, 6) is 2.00. The summed E-state index contributed by atoms with van der Waals surface area (Å²) in [5.41, 5.74) is 0. The third-order valence-corrected chi connectivity index (χ3v) is 2.51. The molecular weight excluding hydrogens is 120 g/mol. The summed E-state index contributed by atoms with van der Waals surface area (Å²) in [5, 5.41) is 0. The molecule has 1 fully saturated rings. The maximum atomic E-state index is 2.37. The van der Waals surface area contributed by atoms with Crippen LogP contribution in [0.1, 0.15) is 39.5 Å². The highest BCUT2D eigenvalue weighted by atomic mass is 14.2. The van der Waals surface area contributed by atoms with Crippen LogP contribution in [-0.2, 0) is 0 Å². The number of rotatable bonds is 2. The van der Waals surface area contributed by atoms with Gasteiger partial charge in [0, 0.05) is 0 Å². The van der Waals surface area contributed by atoms with Crippen LogP contribution in [0, 0.1) is 11.8 Å². The maximum absolute atomic E-state index is 2.37. The van der Waals surface area contributed by atoms with Gasteiger partial charge in [0.05, 0.1) is 0 Å². The van der Waals surface area contributed by atoms with Gasteiger partial charge < -0.3 is 0 Å². The van der Waals surface area contributed by atoms with Gasteiger partial charge in [-0.25, -0.2) is 0 Å². The number of hydrogen-bond donors (Lipinski definition) is 0. The fraction of sp³-hybridized carbons (Fsp3) is 0.800. The van der Waals surface area contributed by atoms with E-state index in [-0.39, 0.29) is 0 Å². The molecule has 0 heterocycles. The molecule has 0 aliphatic heterocycles. The Morgan fingerprint density at radius 3 is 2.70 bits per heavy atom. The summed E-state index contributed by atoms with van der Waals surface area (Å²) in [7, 11) is 0. The Kier molecular flexibility index (Phi) is 2.98. The van der Waals surface area contributed by atoms with E-state index in [1.54, 1.807) is 0 Å². The summed E-state index contributed by atoms with van der Waals surface area (Å²) in [6.45, 7) is 4.48. The molecule has 1 aliphatic carbocycles. The largest absolute Gasteiger partial charge is 0.0917 e. The summed E-state index contributed by atoms with van der Waals surface area (Å²) < 4.78 is 0. The molecule has 1 rings (SSSR count). The van der Waals surface area contributed by atoms with E-state index in [0.29, 0.717) is 0 Å². The Labute approximate surface area is 64.3 Å². The summed E-state index contributed by atoms with van der Waals surface area (Å²) in [4.78, 5) is 0. The second kappa shape index (κ2) is 3.80. The van der Waals surface area contributed by atoms with Crippen molar-refractivity contribution in [3.8, 4) is 0 Å². The zero-order chi connectivity index (χ0) is 7.40. The molecule has 1 saturated carbocycles. The molecule has 0 aromatic carbocycles. The quantitative estimate of drug-likeness (QED) is 0.513. The predicted octanol–water partition coefficient (Wildman–Crippen LogP) is 3.39. The lowest BCUT2D eigenvalue weighted by molar-refractivity contribution is 0.521. The monoisotopic (exact) mass is 138 g/mol. The Morgan fingerprint density at radius 2 is 2.20 bits per heavy atom. The van der Waals surface area contributed by atoms with Crippen LogP contribution in [-0.4, -0.2) is 0 Å². The molecule has 0 amide bonds. The van der Waals surface area contributed by atoms with Gasteiger partial charge in [-0.15, -0.1) is 0 Å². The van der Waals surface area contributed by atoms with Crippen molar-refractivity contribution in [1.82, 2.24) is 0 Å². The third kappa shape index (κ3) is 2.17. The average molecular weight is 138 g/mol. The molecule has 10 heavy (non-hydrogen) atoms. The van der Waals surface area contributed by atoms with E-state index < -0.39 is 0 Å². The van der Waals surface area contributed by atoms with E-state index in [1.807, 2.05) is 0 Å². The van der Waals surface area contributed by atoms with Gasteiger partial charge in [-0.3, -0.25) is 0 Å². The van der Waals surface area contributed by atoms with E-state index in [4.69, 9.17) is 0 Å². The van der Waals surface area contributed by atoms with E-state index in [0.717, 1.165) is 11.8 Å². The van der Waals surface area contributed by atoms with Crippen molar-refractivity contribution in [2.45, 2.75) is 39.5 Å². The molecule has 0 aromatic rings. The molecule has 2 atom stereocenters. The first-order chi connectivity index (χ1) is 4.83. The number of hydrogen-bond acceptors (Lipinski definition) is 0. The third-order valence-electron chi connectivity index (χ3n) is 2.51. The van der Waals surface area contributed by atoms with E-state index in [1.165, 1.54) is 25.7 Å². The molecular formula is C10H18. The molecule has 1 aliphatic rings. The van der Waals surface area contributed by atoms with Crippen molar-refractivity contribution in [2.75, 3.05) is 0 Å². The zero-order valence-electron chi connectivity index (χ0n) is 7.14. The molecule has 0 radical (unpaired) electrons. The van der Waals surface area contributed by atoms with Gasteiger partial charge in [0.25, 0.3) is 0 Å². The lowest BCUT2D eigenvalue weighted by Gasteiger charge is -2.03. The van der Waals surface area contributed by atoms with Crippen LogP contribution in [0.2, 0.25) is 0 Å². The molecule has 0 bridgehead atoms. The highest BCUT2D eigenvalue weighted by Gasteiger charge is 2.19. The van der Waals surface area contributed by atoms with Crippen molar-refractivity contribution >= 4 is 0 Å². The molecule has 58 valence electrons. The Bertz CT molecular complexity index is 113. The first-order valence-electron chi connectivity index (χ1n) is 4.44. The Hall–Kier alpha value is -0.260. The second-order valence-corrected chi connectivity index (χ2v) is 3.59. The minimum absolute atomic E-state index is 0.996.